The van der Waals surface area contributed by atoms with Crippen LogP contribution in [0.25, 0.3) is 0 Å². The Bertz CT molecular complexity index is 584. The highest BCUT2D eigenvalue weighted by atomic mass is 19.1. The summed E-state index contributed by atoms with van der Waals surface area (Å²) in [5.41, 5.74) is 0.459. The lowest BCUT2D eigenvalue weighted by atomic mass is 9.93. The van der Waals surface area contributed by atoms with Crippen molar-refractivity contribution in [3.63, 3.8) is 0 Å². The first kappa shape index (κ1) is 17.1. The molecule has 124 valence electrons. The summed E-state index contributed by atoms with van der Waals surface area (Å²) in [6.07, 6.45) is 3.69. The van der Waals surface area contributed by atoms with E-state index in [0.29, 0.717) is 18.8 Å². The molecule has 5 nitrogen and oxygen atoms in total. The number of carbonyl (C=O) groups excluding carboxylic acids is 2. The molecule has 2 N–H and O–H groups in total. The molecule has 2 rings (SSSR count). The molecule has 0 spiro atoms. The molecule has 1 aromatic carbocycles. The van der Waals surface area contributed by atoms with E-state index in [0.717, 1.165) is 18.9 Å². The molecule has 23 heavy (non-hydrogen) atoms. The average molecular weight is 320 g/mol. The van der Waals surface area contributed by atoms with Gasteiger partial charge in [0.2, 0.25) is 11.8 Å². The molecule has 2 atom stereocenters. The van der Waals surface area contributed by atoms with E-state index in [4.69, 9.17) is 0 Å². The molecule has 0 bridgehead atoms. The lowest BCUT2D eigenvalue weighted by Crippen LogP contribution is -2.42. The number of nitrogens with zero attached hydrogens (tertiary/aromatic N) is 1. The maximum Gasteiger partial charge on any atom is 0.248 e. The van der Waals surface area contributed by atoms with E-state index in [1.54, 1.807) is 11.8 Å². The molecule has 1 aliphatic heterocycles. The zero-order valence-corrected chi connectivity index (χ0v) is 13.0. The highest BCUT2D eigenvalue weighted by Crippen LogP contribution is 2.19. The minimum atomic E-state index is -0.450. The van der Waals surface area contributed by atoms with Gasteiger partial charge in [-0.05, 0) is 44.0 Å². The molecule has 0 aliphatic carbocycles. The number of aliphatic hydroxyl groups excluding tert-OH is 1. The second-order valence-electron chi connectivity index (χ2n) is 5.76. The van der Waals surface area contributed by atoms with Gasteiger partial charge in [0.25, 0.3) is 0 Å². The largest absolute Gasteiger partial charge is 0.393 e. The van der Waals surface area contributed by atoms with Crippen LogP contribution in [0, 0.1) is 11.7 Å². The highest BCUT2D eigenvalue weighted by Gasteiger charge is 2.25. The molecule has 0 radical (unpaired) electrons. The fourth-order valence-electron chi connectivity index (χ4n) is 2.57. The van der Waals surface area contributed by atoms with Crippen molar-refractivity contribution in [2.45, 2.75) is 25.9 Å². The van der Waals surface area contributed by atoms with E-state index in [2.05, 4.69) is 5.32 Å². The topological polar surface area (TPSA) is 69.6 Å². The number of halogens is 1. The van der Waals surface area contributed by atoms with Crippen molar-refractivity contribution in [1.29, 1.82) is 0 Å². The monoisotopic (exact) mass is 320 g/mol. The van der Waals surface area contributed by atoms with Gasteiger partial charge in [-0.2, -0.15) is 0 Å². The number of anilines is 1. The Morgan fingerprint density at radius 3 is 2.70 bits per heavy atom. The van der Waals surface area contributed by atoms with Crippen molar-refractivity contribution in [2.24, 2.45) is 5.92 Å². The van der Waals surface area contributed by atoms with Crippen molar-refractivity contribution in [3.05, 3.63) is 42.2 Å². The zero-order valence-electron chi connectivity index (χ0n) is 13.0. The van der Waals surface area contributed by atoms with Gasteiger partial charge in [0.15, 0.2) is 0 Å². The third-order valence-corrected chi connectivity index (χ3v) is 3.94. The lowest BCUT2D eigenvalue weighted by Gasteiger charge is -2.33. The van der Waals surface area contributed by atoms with Gasteiger partial charge in [0.1, 0.15) is 5.82 Å². The van der Waals surface area contributed by atoms with Crippen LogP contribution in [-0.2, 0) is 9.59 Å². The number of nitrogens with one attached hydrogen (secondary N) is 1. The number of likely N-dealkylation sites (tertiary alicyclic amines) is 1. The van der Waals surface area contributed by atoms with Gasteiger partial charge >= 0.3 is 0 Å². The van der Waals surface area contributed by atoms with Crippen LogP contribution in [0.1, 0.15) is 19.8 Å². The molecule has 1 fully saturated rings. The Balaban J connectivity index is 1.87. The predicted molar refractivity (Wildman–Crippen MR) is 85.2 cm³/mol. The first-order valence-electron chi connectivity index (χ1n) is 7.67. The van der Waals surface area contributed by atoms with Gasteiger partial charge in [-0.3, -0.25) is 9.59 Å². The fourth-order valence-corrected chi connectivity index (χ4v) is 2.57. The summed E-state index contributed by atoms with van der Waals surface area (Å²) in [5.74, 6) is -1.00. The number of hydrogen-bond acceptors (Lipinski definition) is 3. The van der Waals surface area contributed by atoms with Crippen LogP contribution in [0.5, 0.6) is 0 Å². The van der Waals surface area contributed by atoms with Crippen LogP contribution in [-0.4, -0.2) is 41.0 Å². The van der Waals surface area contributed by atoms with Gasteiger partial charge in [-0.1, -0.05) is 0 Å². The molecule has 0 saturated carbocycles. The van der Waals surface area contributed by atoms with Crippen LogP contribution < -0.4 is 5.32 Å². The second kappa shape index (κ2) is 7.87. The van der Waals surface area contributed by atoms with Gasteiger partial charge < -0.3 is 15.3 Å². The Labute approximate surface area is 134 Å². The van der Waals surface area contributed by atoms with E-state index < -0.39 is 12.0 Å². The molecule has 2 amide bonds. The third-order valence-electron chi connectivity index (χ3n) is 3.94. The molecule has 1 aromatic rings. The van der Waals surface area contributed by atoms with E-state index in [-0.39, 0.29) is 17.6 Å². The summed E-state index contributed by atoms with van der Waals surface area (Å²) in [4.78, 5) is 25.5. The van der Waals surface area contributed by atoms with Crippen molar-refractivity contribution in [1.82, 2.24) is 4.90 Å². The minimum Gasteiger partial charge on any atom is -0.393 e. The van der Waals surface area contributed by atoms with Crippen LogP contribution in [0.15, 0.2) is 36.4 Å². The fraction of sp³-hybridized carbons (Fsp3) is 0.412. The molecule has 1 saturated heterocycles. The first-order chi connectivity index (χ1) is 11.0. The zero-order chi connectivity index (χ0) is 16.8. The highest BCUT2D eigenvalue weighted by molar-refractivity contribution is 6.03. The van der Waals surface area contributed by atoms with Gasteiger partial charge in [0.05, 0.1) is 6.10 Å². The maximum atomic E-state index is 12.8. The van der Waals surface area contributed by atoms with Crippen LogP contribution in [0.4, 0.5) is 10.1 Å². The summed E-state index contributed by atoms with van der Waals surface area (Å²) >= 11 is 0. The Morgan fingerprint density at radius 1 is 1.35 bits per heavy atom. The third kappa shape index (κ3) is 5.17. The van der Waals surface area contributed by atoms with Crippen LogP contribution >= 0.6 is 0 Å². The second-order valence-corrected chi connectivity index (χ2v) is 5.76. The minimum absolute atomic E-state index is 0.0779. The van der Waals surface area contributed by atoms with Gasteiger partial charge in [-0.15, -0.1) is 0 Å². The SMILES string of the molecule is CC(O)C1CCCN(C(=O)/C=C/C(=O)Nc2ccc(F)cc2)C1. The van der Waals surface area contributed by atoms with E-state index in [1.807, 2.05) is 0 Å². The van der Waals surface area contributed by atoms with Crippen molar-refractivity contribution >= 4 is 17.5 Å². The summed E-state index contributed by atoms with van der Waals surface area (Å²) < 4.78 is 12.8. The molecule has 0 aromatic heterocycles. The molecular weight excluding hydrogens is 299 g/mol. The van der Waals surface area contributed by atoms with Crippen molar-refractivity contribution in [2.75, 3.05) is 18.4 Å². The molecule has 6 heteroatoms. The van der Waals surface area contributed by atoms with Crippen molar-refractivity contribution < 1.29 is 19.1 Å². The smallest absolute Gasteiger partial charge is 0.248 e. The number of piperidine rings is 1. The van der Waals surface area contributed by atoms with Gasteiger partial charge in [0, 0.05) is 36.8 Å². The Morgan fingerprint density at radius 2 is 2.04 bits per heavy atom. The number of aliphatic hydroxyl groups is 1. The Hall–Kier alpha value is -2.21. The summed E-state index contributed by atoms with van der Waals surface area (Å²) in [6.45, 7) is 2.86. The molecular formula is C17H21FN2O3. The number of amides is 2. The van der Waals surface area contributed by atoms with Crippen molar-refractivity contribution in [3.8, 4) is 0 Å². The number of rotatable bonds is 4. The number of carbonyl (C=O) groups is 2. The van der Waals surface area contributed by atoms with E-state index in [1.165, 1.54) is 30.3 Å². The summed E-state index contributed by atoms with van der Waals surface area (Å²) in [6, 6.07) is 5.38. The molecule has 2 unspecified atom stereocenters. The van der Waals surface area contributed by atoms with E-state index in [9.17, 15) is 19.1 Å². The maximum absolute atomic E-state index is 12.8. The Kier molecular flexibility index (Phi) is 5.87. The standard InChI is InChI=1S/C17H21FN2O3/c1-12(21)13-3-2-10-20(11-13)17(23)9-8-16(22)19-15-6-4-14(18)5-7-15/h4-9,12-13,21H,2-3,10-11H2,1H3,(H,19,22)/b9-8+. The normalized spacial score (nSPS) is 19.6. The quantitative estimate of drug-likeness (QED) is 0.833. The first-order valence-corrected chi connectivity index (χ1v) is 7.67. The summed E-state index contributed by atoms with van der Waals surface area (Å²) in [5, 5.41) is 12.2. The van der Waals surface area contributed by atoms with Crippen LogP contribution in [0.2, 0.25) is 0 Å². The van der Waals surface area contributed by atoms with Crippen LogP contribution in [0.3, 0.4) is 0 Å². The molecule has 1 aliphatic rings. The summed E-state index contributed by atoms with van der Waals surface area (Å²) in [7, 11) is 0. The number of benzene rings is 1. The molecule has 1 heterocycles. The number of hydrogen-bond donors (Lipinski definition) is 2. The predicted octanol–water partition coefficient (Wildman–Crippen LogP) is 1.94. The van der Waals surface area contributed by atoms with E-state index >= 15 is 0 Å². The van der Waals surface area contributed by atoms with Gasteiger partial charge in [-0.25, -0.2) is 4.39 Å². The average Bonchev–Trinajstić information content (AvgIpc) is 2.55. The lowest BCUT2D eigenvalue weighted by molar-refractivity contribution is -0.128.